The molecule has 0 aliphatic heterocycles. The van der Waals surface area contributed by atoms with E-state index in [1.807, 2.05) is 37.3 Å². The minimum atomic E-state index is 0.0608. The third-order valence-electron chi connectivity index (χ3n) is 2.86. The molecule has 2 rings (SSSR count). The van der Waals surface area contributed by atoms with Crippen molar-refractivity contribution in [1.29, 1.82) is 0 Å². The zero-order valence-electron chi connectivity index (χ0n) is 11.6. The van der Waals surface area contributed by atoms with Crippen LogP contribution in [0.5, 0.6) is 5.75 Å². The number of aryl methyl sites for hydroxylation is 1. The Labute approximate surface area is 123 Å². The van der Waals surface area contributed by atoms with Crippen molar-refractivity contribution in [2.45, 2.75) is 26.2 Å². The molecule has 0 saturated carbocycles. The first-order valence-corrected chi connectivity index (χ1v) is 7.71. The van der Waals surface area contributed by atoms with Gasteiger partial charge in [-0.15, -0.1) is 11.3 Å². The van der Waals surface area contributed by atoms with Gasteiger partial charge in [0.1, 0.15) is 5.75 Å². The van der Waals surface area contributed by atoms with Gasteiger partial charge in [0, 0.05) is 17.0 Å². The second kappa shape index (κ2) is 7.70. The van der Waals surface area contributed by atoms with Crippen LogP contribution < -0.4 is 10.1 Å². The van der Waals surface area contributed by atoms with E-state index in [2.05, 4.69) is 16.8 Å². The van der Waals surface area contributed by atoms with Gasteiger partial charge >= 0.3 is 0 Å². The van der Waals surface area contributed by atoms with Crippen LogP contribution in [-0.4, -0.2) is 12.5 Å². The monoisotopic (exact) mass is 289 g/mol. The maximum absolute atomic E-state index is 11.8. The summed E-state index contributed by atoms with van der Waals surface area (Å²) in [5.74, 6) is 0.883. The molecule has 1 aromatic carbocycles. The third-order valence-corrected chi connectivity index (χ3v) is 3.79. The van der Waals surface area contributed by atoms with E-state index in [9.17, 15) is 4.79 Å². The first-order chi connectivity index (χ1) is 9.78. The van der Waals surface area contributed by atoms with E-state index in [1.165, 1.54) is 4.88 Å². The highest BCUT2D eigenvalue weighted by molar-refractivity contribution is 7.09. The van der Waals surface area contributed by atoms with Crippen LogP contribution in [-0.2, 0) is 11.2 Å². The minimum absolute atomic E-state index is 0.0608. The van der Waals surface area contributed by atoms with Crippen molar-refractivity contribution in [2.75, 3.05) is 11.9 Å². The molecule has 0 radical (unpaired) electrons. The molecule has 0 unspecified atom stereocenters. The zero-order chi connectivity index (χ0) is 14.2. The lowest BCUT2D eigenvalue weighted by molar-refractivity contribution is -0.116. The molecular weight excluding hydrogens is 270 g/mol. The number of hydrogen-bond donors (Lipinski definition) is 1. The summed E-state index contributed by atoms with van der Waals surface area (Å²) < 4.78 is 5.36. The fraction of sp³-hybridized carbons (Fsp3) is 0.312. The number of carbonyl (C=O) groups excluding carboxylic acids is 1. The molecule has 0 aliphatic rings. The lowest BCUT2D eigenvalue weighted by Gasteiger charge is -2.07. The summed E-state index contributed by atoms with van der Waals surface area (Å²) in [6, 6.07) is 11.6. The third kappa shape index (κ3) is 4.70. The van der Waals surface area contributed by atoms with Gasteiger partial charge in [-0.1, -0.05) is 6.07 Å². The topological polar surface area (TPSA) is 38.3 Å². The zero-order valence-corrected chi connectivity index (χ0v) is 12.4. The van der Waals surface area contributed by atoms with Gasteiger partial charge in [0.25, 0.3) is 0 Å². The van der Waals surface area contributed by atoms with Crippen LogP contribution in [0.25, 0.3) is 0 Å². The predicted octanol–water partition coefficient (Wildman–Crippen LogP) is 4.11. The smallest absolute Gasteiger partial charge is 0.224 e. The Morgan fingerprint density at radius 2 is 2.05 bits per heavy atom. The largest absolute Gasteiger partial charge is 0.494 e. The molecular formula is C16H19NO2S. The van der Waals surface area contributed by atoms with Crippen LogP contribution in [0.1, 0.15) is 24.6 Å². The van der Waals surface area contributed by atoms with Crippen LogP contribution in [0, 0.1) is 0 Å². The molecule has 1 amide bonds. The first-order valence-electron chi connectivity index (χ1n) is 6.83. The summed E-state index contributed by atoms with van der Waals surface area (Å²) in [5, 5.41) is 4.97. The average molecular weight is 289 g/mol. The van der Waals surface area contributed by atoms with Gasteiger partial charge in [-0.25, -0.2) is 0 Å². The van der Waals surface area contributed by atoms with Crippen molar-refractivity contribution in [3.8, 4) is 5.75 Å². The molecule has 3 nitrogen and oxygen atoms in total. The van der Waals surface area contributed by atoms with Crippen LogP contribution in [0.3, 0.4) is 0 Å². The van der Waals surface area contributed by atoms with Gasteiger partial charge in [-0.3, -0.25) is 4.79 Å². The van der Waals surface area contributed by atoms with Gasteiger partial charge in [0.2, 0.25) is 5.91 Å². The van der Waals surface area contributed by atoms with E-state index in [-0.39, 0.29) is 5.91 Å². The van der Waals surface area contributed by atoms with Gasteiger partial charge in [0.05, 0.1) is 6.61 Å². The van der Waals surface area contributed by atoms with Crippen LogP contribution in [0.4, 0.5) is 5.69 Å². The fourth-order valence-corrected chi connectivity index (χ4v) is 2.65. The van der Waals surface area contributed by atoms with Crippen molar-refractivity contribution in [3.05, 3.63) is 46.7 Å². The molecule has 106 valence electrons. The highest BCUT2D eigenvalue weighted by atomic mass is 32.1. The van der Waals surface area contributed by atoms with E-state index >= 15 is 0 Å². The molecule has 0 fully saturated rings. The van der Waals surface area contributed by atoms with Gasteiger partial charge in [-0.05, 0) is 55.5 Å². The van der Waals surface area contributed by atoms with Crippen molar-refractivity contribution in [2.24, 2.45) is 0 Å². The molecule has 0 saturated heterocycles. The normalized spacial score (nSPS) is 10.2. The lowest BCUT2D eigenvalue weighted by atomic mass is 10.2. The Hall–Kier alpha value is -1.81. The maximum atomic E-state index is 11.8. The molecule has 0 bridgehead atoms. The predicted molar refractivity (Wildman–Crippen MR) is 83.5 cm³/mol. The van der Waals surface area contributed by atoms with E-state index < -0.39 is 0 Å². The van der Waals surface area contributed by atoms with Crippen molar-refractivity contribution in [3.63, 3.8) is 0 Å². The molecule has 0 aliphatic carbocycles. The standard InChI is InChI=1S/C16H19NO2S/c1-2-19-14-10-8-13(9-11-14)17-16(18)7-3-5-15-6-4-12-20-15/h4,6,8-12H,2-3,5,7H2,1H3,(H,17,18). The summed E-state index contributed by atoms with van der Waals surface area (Å²) in [7, 11) is 0. The Kier molecular flexibility index (Phi) is 5.62. The van der Waals surface area contributed by atoms with Crippen molar-refractivity contribution < 1.29 is 9.53 Å². The number of rotatable bonds is 7. The van der Waals surface area contributed by atoms with Crippen LogP contribution >= 0.6 is 11.3 Å². The van der Waals surface area contributed by atoms with Crippen molar-refractivity contribution >= 4 is 22.9 Å². The number of carbonyl (C=O) groups is 1. The van der Waals surface area contributed by atoms with Crippen LogP contribution in [0.2, 0.25) is 0 Å². The lowest BCUT2D eigenvalue weighted by Crippen LogP contribution is -2.11. The Morgan fingerprint density at radius 3 is 2.70 bits per heavy atom. The number of hydrogen-bond acceptors (Lipinski definition) is 3. The summed E-state index contributed by atoms with van der Waals surface area (Å²) in [6.45, 7) is 2.59. The quantitative estimate of drug-likeness (QED) is 0.833. The molecule has 1 N–H and O–H groups in total. The highest BCUT2D eigenvalue weighted by Crippen LogP contribution is 2.16. The van der Waals surface area contributed by atoms with Gasteiger partial charge in [0.15, 0.2) is 0 Å². The molecule has 0 spiro atoms. The van der Waals surface area contributed by atoms with Crippen molar-refractivity contribution in [1.82, 2.24) is 0 Å². The van der Waals surface area contributed by atoms with Crippen LogP contribution in [0.15, 0.2) is 41.8 Å². The van der Waals surface area contributed by atoms with Gasteiger partial charge < -0.3 is 10.1 Å². The Balaban J connectivity index is 1.73. The number of ether oxygens (including phenoxy) is 1. The second-order valence-electron chi connectivity index (χ2n) is 4.44. The summed E-state index contributed by atoms with van der Waals surface area (Å²) in [5.41, 5.74) is 0.814. The van der Waals surface area contributed by atoms with Gasteiger partial charge in [-0.2, -0.15) is 0 Å². The summed E-state index contributed by atoms with van der Waals surface area (Å²) in [6.07, 6.45) is 2.39. The summed E-state index contributed by atoms with van der Waals surface area (Å²) in [4.78, 5) is 13.1. The number of benzene rings is 1. The molecule has 2 aromatic rings. The Morgan fingerprint density at radius 1 is 1.25 bits per heavy atom. The Bertz CT molecular complexity index is 520. The molecule has 0 atom stereocenters. The SMILES string of the molecule is CCOc1ccc(NC(=O)CCCc2cccs2)cc1. The minimum Gasteiger partial charge on any atom is -0.494 e. The molecule has 1 aromatic heterocycles. The second-order valence-corrected chi connectivity index (χ2v) is 5.47. The number of amides is 1. The molecule has 4 heteroatoms. The average Bonchev–Trinajstić information content (AvgIpc) is 2.94. The number of anilines is 1. The highest BCUT2D eigenvalue weighted by Gasteiger charge is 2.03. The fourth-order valence-electron chi connectivity index (χ4n) is 1.90. The van der Waals surface area contributed by atoms with E-state index in [1.54, 1.807) is 11.3 Å². The number of thiophene rings is 1. The molecule has 20 heavy (non-hydrogen) atoms. The van der Waals surface area contributed by atoms with E-state index in [0.717, 1.165) is 24.3 Å². The first kappa shape index (κ1) is 14.6. The number of nitrogens with one attached hydrogen (secondary N) is 1. The van der Waals surface area contributed by atoms with E-state index in [0.29, 0.717) is 13.0 Å². The summed E-state index contributed by atoms with van der Waals surface area (Å²) >= 11 is 1.74. The maximum Gasteiger partial charge on any atom is 0.224 e. The molecule has 1 heterocycles. The van der Waals surface area contributed by atoms with E-state index in [4.69, 9.17) is 4.74 Å².